The Morgan fingerprint density at radius 1 is 1.00 bits per heavy atom. The van der Waals surface area contributed by atoms with E-state index in [-0.39, 0.29) is 0 Å². The molecule has 0 fully saturated rings. The fraction of sp³-hybridized carbons (Fsp3) is 0.250. The Balaban J connectivity index is 2.05. The number of methoxy groups -OCH3 is 1. The molecule has 2 aromatic carbocycles. The first-order valence-electron chi connectivity index (χ1n) is 6.37. The highest BCUT2D eigenvalue weighted by molar-refractivity contribution is 5.55. The standard InChI is InChI=1S/C16H19NO2/c1-3-12-4-6-13(7-5-12)11-19-16-10-14(18-2)8-9-15(16)17/h4-10H,3,11,17H2,1-2H3. The Labute approximate surface area is 114 Å². The summed E-state index contributed by atoms with van der Waals surface area (Å²) in [4.78, 5) is 0. The second kappa shape index (κ2) is 6.14. The van der Waals surface area contributed by atoms with E-state index in [0.29, 0.717) is 18.0 Å². The van der Waals surface area contributed by atoms with Gasteiger partial charge < -0.3 is 15.2 Å². The molecule has 0 saturated carbocycles. The normalized spacial score (nSPS) is 10.2. The summed E-state index contributed by atoms with van der Waals surface area (Å²) >= 11 is 0. The van der Waals surface area contributed by atoms with Crippen molar-refractivity contribution in [1.82, 2.24) is 0 Å². The zero-order valence-corrected chi connectivity index (χ0v) is 11.3. The third-order valence-electron chi connectivity index (χ3n) is 3.05. The molecule has 0 amide bonds. The van der Waals surface area contributed by atoms with E-state index in [1.807, 2.05) is 6.07 Å². The maximum absolute atomic E-state index is 5.87. The summed E-state index contributed by atoms with van der Waals surface area (Å²) in [6.45, 7) is 2.64. The SMILES string of the molecule is CCc1ccc(COc2cc(OC)ccc2N)cc1. The van der Waals surface area contributed by atoms with E-state index in [0.717, 1.165) is 17.7 Å². The molecule has 0 aliphatic rings. The van der Waals surface area contributed by atoms with Gasteiger partial charge in [-0.2, -0.15) is 0 Å². The number of anilines is 1. The minimum Gasteiger partial charge on any atom is -0.497 e. The molecular formula is C16H19NO2. The Kier molecular flexibility index (Phi) is 4.29. The van der Waals surface area contributed by atoms with Crippen molar-refractivity contribution in [2.24, 2.45) is 0 Å². The molecule has 0 aliphatic carbocycles. The Hall–Kier alpha value is -2.16. The van der Waals surface area contributed by atoms with E-state index in [2.05, 4.69) is 31.2 Å². The van der Waals surface area contributed by atoms with Crippen LogP contribution in [0, 0.1) is 0 Å². The molecule has 2 N–H and O–H groups in total. The summed E-state index contributed by atoms with van der Waals surface area (Å²) in [7, 11) is 1.62. The largest absolute Gasteiger partial charge is 0.497 e. The molecule has 0 atom stereocenters. The van der Waals surface area contributed by atoms with Crippen LogP contribution in [0.2, 0.25) is 0 Å². The van der Waals surface area contributed by atoms with Gasteiger partial charge in [-0.25, -0.2) is 0 Å². The van der Waals surface area contributed by atoms with Crippen molar-refractivity contribution >= 4 is 5.69 Å². The van der Waals surface area contributed by atoms with Gasteiger partial charge in [-0.1, -0.05) is 31.2 Å². The van der Waals surface area contributed by atoms with Gasteiger partial charge in [0, 0.05) is 6.07 Å². The number of nitrogen functional groups attached to an aromatic ring is 1. The molecule has 100 valence electrons. The first kappa shape index (κ1) is 13.3. The summed E-state index contributed by atoms with van der Waals surface area (Å²) in [6.07, 6.45) is 1.05. The van der Waals surface area contributed by atoms with Crippen LogP contribution >= 0.6 is 0 Å². The van der Waals surface area contributed by atoms with Crippen molar-refractivity contribution in [2.75, 3.05) is 12.8 Å². The lowest BCUT2D eigenvalue weighted by Gasteiger charge is -2.10. The van der Waals surface area contributed by atoms with Crippen LogP contribution in [-0.4, -0.2) is 7.11 Å². The third-order valence-corrected chi connectivity index (χ3v) is 3.05. The van der Waals surface area contributed by atoms with Crippen LogP contribution in [0.3, 0.4) is 0 Å². The van der Waals surface area contributed by atoms with Gasteiger partial charge in [-0.05, 0) is 29.7 Å². The summed E-state index contributed by atoms with van der Waals surface area (Å²) in [6, 6.07) is 13.8. The van der Waals surface area contributed by atoms with Crippen LogP contribution in [0.4, 0.5) is 5.69 Å². The second-order valence-corrected chi connectivity index (χ2v) is 4.36. The molecule has 0 spiro atoms. The zero-order valence-electron chi connectivity index (χ0n) is 11.3. The molecule has 0 aliphatic heterocycles. The molecule has 19 heavy (non-hydrogen) atoms. The van der Waals surface area contributed by atoms with Crippen molar-refractivity contribution in [3.63, 3.8) is 0 Å². The number of rotatable bonds is 5. The minimum atomic E-state index is 0.501. The smallest absolute Gasteiger partial charge is 0.146 e. The number of ether oxygens (including phenoxy) is 2. The first-order valence-corrected chi connectivity index (χ1v) is 6.37. The summed E-state index contributed by atoms with van der Waals surface area (Å²) in [5.41, 5.74) is 8.94. The van der Waals surface area contributed by atoms with Crippen LogP contribution in [0.1, 0.15) is 18.1 Å². The minimum absolute atomic E-state index is 0.501. The van der Waals surface area contributed by atoms with E-state index in [4.69, 9.17) is 15.2 Å². The molecule has 2 aromatic rings. The fourth-order valence-electron chi connectivity index (χ4n) is 1.80. The van der Waals surface area contributed by atoms with E-state index < -0.39 is 0 Å². The summed E-state index contributed by atoms with van der Waals surface area (Å²) in [5.74, 6) is 1.39. The van der Waals surface area contributed by atoms with Crippen LogP contribution in [0.15, 0.2) is 42.5 Å². The van der Waals surface area contributed by atoms with Crippen LogP contribution in [0.5, 0.6) is 11.5 Å². The van der Waals surface area contributed by atoms with E-state index in [1.165, 1.54) is 5.56 Å². The summed E-state index contributed by atoms with van der Waals surface area (Å²) < 4.78 is 10.9. The fourth-order valence-corrected chi connectivity index (χ4v) is 1.80. The number of nitrogens with two attached hydrogens (primary N) is 1. The first-order chi connectivity index (χ1) is 9.22. The highest BCUT2D eigenvalue weighted by Gasteiger charge is 2.03. The van der Waals surface area contributed by atoms with Crippen molar-refractivity contribution in [3.05, 3.63) is 53.6 Å². The lowest BCUT2D eigenvalue weighted by molar-refractivity contribution is 0.305. The molecule has 0 radical (unpaired) electrons. The molecule has 3 heteroatoms. The molecule has 3 nitrogen and oxygen atoms in total. The van der Waals surface area contributed by atoms with Crippen molar-refractivity contribution in [1.29, 1.82) is 0 Å². The van der Waals surface area contributed by atoms with Gasteiger partial charge in [0.2, 0.25) is 0 Å². The molecule has 0 heterocycles. The number of hydrogen-bond acceptors (Lipinski definition) is 3. The number of aryl methyl sites for hydroxylation is 1. The van der Waals surface area contributed by atoms with Gasteiger partial charge in [-0.3, -0.25) is 0 Å². The number of hydrogen-bond donors (Lipinski definition) is 1. The number of benzene rings is 2. The van der Waals surface area contributed by atoms with Crippen LogP contribution in [-0.2, 0) is 13.0 Å². The zero-order chi connectivity index (χ0) is 13.7. The van der Waals surface area contributed by atoms with Crippen molar-refractivity contribution < 1.29 is 9.47 Å². The van der Waals surface area contributed by atoms with Gasteiger partial charge in [0.05, 0.1) is 12.8 Å². The van der Waals surface area contributed by atoms with Crippen molar-refractivity contribution in [3.8, 4) is 11.5 Å². The average molecular weight is 257 g/mol. The lowest BCUT2D eigenvalue weighted by Crippen LogP contribution is -1.99. The molecular weight excluding hydrogens is 238 g/mol. The highest BCUT2D eigenvalue weighted by atomic mass is 16.5. The monoisotopic (exact) mass is 257 g/mol. The Bertz CT molecular complexity index is 535. The second-order valence-electron chi connectivity index (χ2n) is 4.36. The Morgan fingerprint density at radius 3 is 2.32 bits per heavy atom. The molecule has 2 rings (SSSR count). The maximum Gasteiger partial charge on any atom is 0.146 e. The predicted octanol–water partition coefficient (Wildman–Crippen LogP) is 3.42. The maximum atomic E-state index is 5.87. The van der Waals surface area contributed by atoms with Gasteiger partial charge >= 0.3 is 0 Å². The molecule has 0 unspecified atom stereocenters. The molecule has 0 aromatic heterocycles. The van der Waals surface area contributed by atoms with Crippen molar-refractivity contribution in [2.45, 2.75) is 20.0 Å². The van der Waals surface area contributed by atoms with Gasteiger partial charge in [0.1, 0.15) is 18.1 Å². The average Bonchev–Trinajstić information content (AvgIpc) is 2.47. The molecule has 0 bridgehead atoms. The lowest BCUT2D eigenvalue weighted by atomic mass is 10.1. The Morgan fingerprint density at radius 2 is 1.68 bits per heavy atom. The van der Waals surface area contributed by atoms with E-state index in [1.54, 1.807) is 19.2 Å². The van der Waals surface area contributed by atoms with Crippen LogP contribution in [0.25, 0.3) is 0 Å². The van der Waals surface area contributed by atoms with Crippen LogP contribution < -0.4 is 15.2 Å². The van der Waals surface area contributed by atoms with Gasteiger partial charge in [0.25, 0.3) is 0 Å². The van der Waals surface area contributed by atoms with Gasteiger partial charge in [0.15, 0.2) is 0 Å². The summed E-state index contributed by atoms with van der Waals surface area (Å²) in [5, 5.41) is 0. The van der Waals surface area contributed by atoms with E-state index in [9.17, 15) is 0 Å². The third kappa shape index (κ3) is 3.41. The van der Waals surface area contributed by atoms with Gasteiger partial charge in [-0.15, -0.1) is 0 Å². The molecule has 0 saturated heterocycles. The van der Waals surface area contributed by atoms with E-state index >= 15 is 0 Å². The topological polar surface area (TPSA) is 44.5 Å². The predicted molar refractivity (Wildman–Crippen MR) is 77.6 cm³/mol. The highest BCUT2D eigenvalue weighted by Crippen LogP contribution is 2.27. The quantitative estimate of drug-likeness (QED) is 0.835.